The van der Waals surface area contributed by atoms with E-state index >= 15 is 0 Å². The lowest BCUT2D eigenvalue weighted by Gasteiger charge is -2.36. The van der Waals surface area contributed by atoms with Gasteiger partial charge in [0.15, 0.2) is 0 Å². The first-order valence-corrected chi connectivity index (χ1v) is 4.22. The Morgan fingerprint density at radius 2 is 2.00 bits per heavy atom. The van der Waals surface area contributed by atoms with Gasteiger partial charge in [0.1, 0.15) is 0 Å². The average Bonchev–Trinajstić information content (AvgIpc) is 1.91. The van der Waals surface area contributed by atoms with Gasteiger partial charge in [-0.25, -0.2) is 0 Å². The highest BCUT2D eigenvalue weighted by Crippen LogP contribution is 2.25. The third kappa shape index (κ3) is 5.02. The molecule has 1 saturated heterocycles. The molecule has 0 spiro atoms. The van der Waals surface area contributed by atoms with E-state index in [-0.39, 0.29) is 24.5 Å². The highest BCUT2D eigenvalue weighted by Gasteiger charge is 2.36. The fourth-order valence-electron chi connectivity index (χ4n) is 1.22. The Bertz CT molecular complexity index is 174. The Balaban J connectivity index is 0.00000169. The number of rotatable bonds is 1. The number of morpholine rings is 1. The summed E-state index contributed by atoms with van der Waals surface area (Å²) in [6, 6.07) is 0. The molecule has 6 heteroatoms. The van der Waals surface area contributed by atoms with Gasteiger partial charge in [0.2, 0.25) is 0 Å². The molecule has 1 unspecified atom stereocenters. The van der Waals surface area contributed by atoms with E-state index in [2.05, 4.69) is 5.32 Å². The van der Waals surface area contributed by atoms with Crippen molar-refractivity contribution in [2.75, 3.05) is 13.2 Å². The number of halogens is 4. The van der Waals surface area contributed by atoms with Crippen LogP contribution in [0.4, 0.5) is 13.2 Å². The molecule has 1 heterocycles. The zero-order valence-electron chi connectivity index (χ0n) is 8.15. The maximum absolute atomic E-state index is 11.9. The van der Waals surface area contributed by atoms with Gasteiger partial charge in [-0.05, 0) is 13.8 Å². The minimum Gasteiger partial charge on any atom is -0.375 e. The van der Waals surface area contributed by atoms with Gasteiger partial charge in [-0.3, -0.25) is 0 Å². The van der Waals surface area contributed by atoms with Crippen LogP contribution in [0.1, 0.15) is 20.3 Å². The fraction of sp³-hybridized carbons (Fsp3) is 1.00. The predicted octanol–water partition coefficient (Wildman–Crippen LogP) is 2.13. The minimum absolute atomic E-state index is 0. The Kier molecular flexibility index (Phi) is 4.68. The summed E-state index contributed by atoms with van der Waals surface area (Å²) in [6.07, 6.45) is -5.72. The molecule has 86 valence electrons. The first kappa shape index (κ1) is 14.0. The number of ether oxygens (including phenoxy) is 1. The molecular formula is C8H15ClF3NO. The van der Waals surface area contributed by atoms with E-state index < -0.39 is 18.7 Å². The number of nitrogens with one attached hydrogen (secondary N) is 1. The summed E-state index contributed by atoms with van der Waals surface area (Å²) in [6.45, 7) is 4.40. The first-order chi connectivity index (χ1) is 5.79. The summed E-state index contributed by atoms with van der Waals surface area (Å²) in [7, 11) is 0. The van der Waals surface area contributed by atoms with Crippen LogP contribution in [0, 0.1) is 0 Å². The van der Waals surface area contributed by atoms with Crippen molar-refractivity contribution >= 4 is 12.4 Å². The first-order valence-electron chi connectivity index (χ1n) is 4.22. The summed E-state index contributed by atoms with van der Waals surface area (Å²) in [5, 5.41) is 3.01. The molecule has 0 saturated carbocycles. The third-order valence-corrected chi connectivity index (χ3v) is 1.95. The van der Waals surface area contributed by atoms with Gasteiger partial charge in [0.05, 0.1) is 19.1 Å². The lowest BCUT2D eigenvalue weighted by Crippen LogP contribution is -2.54. The van der Waals surface area contributed by atoms with Crippen molar-refractivity contribution < 1.29 is 17.9 Å². The van der Waals surface area contributed by atoms with Crippen LogP contribution in [0.3, 0.4) is 0 Å². The van der Waals surface area contributed by atoms with E-state index in [9.17, 15) is 13.2 Å². The zero-order chi connectivity index (χ0) is 10.1. The highest BCUT2D eigenvalue weighted by molar-refractivity contribution is 5.85. The maximum Gasteiger partial charge on any atom is 0.391 e. The smallest absolute Gasteiger partial charge is 0.375 e. The Labute approximate surface area is 87.6 Å². The highest BCUT2D eigenvalue weighted by atomic mass is 35.5. The van der Waals surface area contributed by atoms with Crippen LogP contribution < -0.4 is 5.32 Å². The van der Waals surface area contributed by atoms with Crippen molar-refractivity contribution in [1.29, 1.82) is 0 Å². The lowest BCUT2D eigenvalue weighted by molar-refractivity contribution is -0.168. The van der Waals surface area contributed by atoms with Gasteiger partial charge in [0.25, 0.3) is 0 Å². The monoisotopic (exact) mass is 233 g/mol. The minimum atomic E-state index is -4.13. The molecule has 14 heavy (non-hydrogen) atoms. The molecule has 0 radical (unpaired) electrons. The Hall–Kier alpha value is 0. The molecule has 2 nitrogen and oxygen atoms in total. The SMILES string of the molecule is CC1(C)COC(CC(F)(F)F)CN1.Cl. The quantitative estimate of drug-likeness (QED) is 0.749. The van der Waals surface area contributed by atoms with E-state index in [0.717, 1.165) is 0 Å². The molecule has 1 rings (SSSR count). The number of alkyl halides is 3. The van der Waals surface area contributed by atoms with Crippen molar-refractivity contribution in [3.8, 4) is 0 Å². The van der Waals surface area contributed by atoms with Crippen molar-refractivity contribution in [2.45, 2.75) is 38.1 Å². The van der Waals surface area contributed by atoms with E-state index in [4.69, 9.17) is 4.74 Å². The summed E-state index contributed by atoms with van der Waals surface area (Å²) < 4.78 is 40.9. The molecule has 0 aromatic heterocycles. The van der Waals surface area contributed by atoms with E-state index in [1.807, 2.05) is 13.8 Å². The maximum atomic E-state index is 11.9. The zero-order valence-corrected chi connectivity index (χ0v) is 8.97. The third-order valence-electron chi connectivity index (χ3n) is 1.95. The van der Waals surface area contributed by atoms with Crippen LogP contribution in [-0.4, -0.2) is 31.0 Å². The largest absolute Gasteiger partial charge is 0.391 e. The molecule has 0 amide bonds. The van der Waals surface area contributed by atoms with Gasteiger partial charge < -0.3 is 10.1 Å². The van der Waals surface area contributed by atoms with Crippen LogP contribution in [0.25, 0.3) is 0 Å². The standard InChI is InChI=1S/C8H14F3NO.ClH/c1-7(2)5-13-6(4-12-7)3-8(9,10)11;/h6,12H,3-5H2,1-2H3;1H. The average molecular weight is 234 g/mol. The van der Waals surface area contributed by atoms with Crippen molar-refractivity contribution in [3.63, 3.8) is 0 Å². The molecule has 0 aromatic carbocycles. The Morgan fingerprint density at radius 3 is 2.36 bits per heavy atom. The molecule has 0 bridgehead atoms. The second kappa shape index (κ2) is 4.68. The van der Waals surface area contributed by atoms with Gasteiger partial charge in [-0.1, -0.05) is 0 Å². The topological polar surface area (TPSA) is 21.3 Å². The van der Waals surface area contributed by atoms with E-state index in [0.29, 0.717) is 6.61 Å². The number of hydrogen-bond acceptors (Lipinski definition) is 2. The summed E-state index contributed by atoms with van der Waals surface area (Å²) in [4.78, 5) is 0. The second-order valence-electron chi connectivity index (χ2n) is 4.02. The van der Waals surface area contributed by atoms with E-state index in [1.165, 1.54) is 0 Å². The van der Waals surface area contributed by atoms with Gasteiger partial charge >= 0.3 is 6.18 Å². The molecule has 0 aromatic rings. The molecule has 0 aliphatic carbocycles. The van der Waals surface area contributed by atoms with Crippen LogP contribution in [-0.2, 0) is 4.74 Å². The molecule has 1 aliphatic rings. The molecular weight excluding hydrogens is 219 g/mol. The van der Waals surface area contributed by atoms with Gasteiger partial charge in [-0.2, -0.15) is 13.2 Å². The van der Waals surface area contributed by atoms with Crippen LogP contribution in [0.5, 0.6) is 0 Å². The van der Waals surface area contributed by atoms with Crippen LogP contribution in [0.2, 0.25) is 0 Å². The molecule has 1 N–H and O–H groups in total. The molecule has 1 fully saturated rings. The Morgan fingerprint density at radius 1 is 1.43 bits per heavy atom. The van der Waals surface area contributed by atoms with Gasteiger partial charge in [-0.15, -0.1) is 12.4 Å². The van der Waals surface area contributed by atoms with Crippen molar-refractivity contribution in [1.82, 2.24) is 5.32 Å². The van der Waals surface area contributed by atoms with Gasteiger partial charge in [0, 0.05) is 12.1 Å². The lowest BCUT2D eigenvalue weighted by atomic mass is 10.0. The van der Waals surface area contributed by atoms with Crippen molar-refractivity contribution in [3.05, 3.63) is 0 Å². The normalized spacial score (nSPS) is 26.8. The summed E-state index contributed by atoms with van der Waals surface area (Å²) >= 11 is 0. The summed E-state index contributed by atoms with van der Waals surface area (Å²) in [5.41, 5.74) is -0.206. The van der Waals surface area contributed by atoms with Crippen LogP contribution >= 0.6 is 12.4 Å². The summed E-state index contributed by atoms with van der Waals surface area (Å²) in [5.74, 6) is 0. The predicted molar refractivity (Wildman–Crippen MR) is 49.7 cm³/mol. The molecule has 1 aliphatic heterocycles. The number of hydrogen-bond donors (Lipinski definition) is 1. The van der Waals surface area contributed by atoms with Crippen molar-refractivity contribution in [2.24, 2.45) is 0 Å². The fourth-order valence-corrected chi connectivity index (χ4v) is 1.22. The van der Waals surface area contributed by atoms with E-state index in [1.54, 1.807) is 0 Å². The second-order valence-corrected chi connectivity index (χ2v) is 4.02. The molecule has 1 atom stereocenters. The van der Waals surface area contributed by atoms with Crippen LogP contribution in [0.15, 0.2) is 0 Å².